The van der Waals surface area contributed by atoms with E-state index in [0.29, 0.717) is 19.1 Å². The van der Waals surface area contributed by atoms with Crippen LogP contribution in [-0.4, -0.2) is 19.6 Å². The summed E-state index contributed by atoms with van der Waals surface area (Å²) in [6.07, 6.45) is 11.1. The number of amides is 1. The molecule has 3 aliphatic carbocycles. The van der Waals surface area contributed by atoms with E-state index in [9.17, 15) is 4.79 Å². The molecule has 0 unspecified atom stereocenters. The largest absolute Gasteiger partial charge is 0.497 e. The van der Waals surface area contributed by atoms with Crippen LogP contribution in [0, 0.1) is 11.3 Å². The molecule has 0 heterocycles. The predicted octanol–water partition coefficient (Wildman–Crippen LogP) is 8.30. The number of carbonyl (C=O) groups is 1. The summed E-state index contributed by atoms with van der Waals surface area (Å²) in [5, 5.41) is 3.56. The van der Waals surface area contributed by atoms with Crippen LogP contribution < -0.4 is 14.8 Å². The van der Waals surface area contributed by atoms with Crippen molar-refractivity contribution in [1.29, 1.82) is 0 Å². The van der Waals surface area contributed by atoms with E-state index in [4.69, 9.17) is 9.47 Å². The van der Waals surface area contributed by atoms with Gasteiger partial charge in [0.25, 0.3) is 0 Å². The Kier molecular flexibility index (Phi) is 8.09. The van der Waals surface area contributed by atoms with E-state index in [0.717, 1.165) is 56.4 Å². The van der Waals surface area contributed by atoms with Gasteiger partial charge < -0.3 is 14.8 Å². The lowest BCUT2D eigenvalue weighted by Crippen LogP contribution is -2.56. The van der Waals surface area contributed by atoms with E-state index in [1.165, 1.54) is 41.5 Å². The fourth-order valence-corrected chi connectivity index (χ4v) is 8.74. The molecule has 3 aromatic rings. The lowest BCUT2D eigenvalue weighted by molar-refractivity contribution is -0.139. The predicted molar refractivity (Wildman–Crippen MR) is 169 cm³/mol. The SMILES string of the molecule is COc1cccc(C2(CNC(=O)[C@@]3(C)CCC[C@]4(C)c5cc(OCc6ccccc6)ccc5CC[C@@H]34)CCCCC2)c1. The van der Waals surface area contributed by atoms with Gasteiger partial charge in [0.05, 0.1) is 12.5 Å². The van der Waals surface area contributed by atoms with Crippen LogP contribution in [-0.2, 0) is 28.7 Å². The molecule has 6 rings (SSSR count). The number of hydrogen-bond acceptors (Lipinski definition) is 3. The summed E-state index contributed by atoms with van der Waals surface area (Å²) in [5.41, 5.74) is 4.82. The molecular weight excluding hydrogens is 518 g/mol. The van der Waals surface area contributed by atoms with Crippen molar-refractivity contribution in [2.75, 3.05) is 13.7 Å². The second-order valence-electron chi connectivity index (χ2n) is 13.6. The van der Waals surface area contributed by atoms with Crippen LogP contribution in [0.2, 0.25) is 0 Å². The topological polar surface area (TPSA) is 47.6 Å². The molecular formula is C38H47NO3. The van der Waals surface area contributed by atoms with E-state index in [-0.39, 0.29) is 16.7 Å². The number of carbonyl (C=O) groups excluding carboxylic acids is 1. The van der Waals surface area contributed by atoms with Crippen molar-refractivity contribution in [1.82, 2.24) is 5.32 Å². The molecule has 42 heavy (non-hydrogen) atoms. The molecule has 2 fully saturated rings. The molecule has 1 N–H and O–H groups in total. The molecule has 4 nitrogen and oxygen atoms in total. The van der Waals surface area contributed by atoms with E-state index >= 15 is 0 Å². The molecule has 3 aliphatic rings. The molecule has 3 aromatic carbocycles. The van der Waals surface area contributed by atoms with Crippen molar-refractivity contribution < 1.29 is 14.3 Å². The van der Waals surface area contributed by atoms with Crippen LogP contribution >= 0.6 is 0 Å². The van der Waals surface area contributed by atoms with Crippen LogP contribution in [0.1, 0.15) is 93.9 Å². The van der Waals surface area contributed by atoms with Crippen molar-refractivity contribution in [3.05, 3.63) is 95.1 Å². The number of fused-ring (bicyclic) bond motifs is 3. The van der Waals surface area contributed by atoms with Gasteiger partial charge in [0.2, 0.25) is 5.91 Å². The molecule has 3 atom stereocenters. The van der Waals surface area contributed by atoms with Gasteiger partial charge in [-0.25, -0.2) is 0 Å². The first-order chi connectivity index (χ1) is 20.4. The van der Waals surface area contributed by atoms with E-state index in [1.54, 1.807) is 7.11 Å². The van der Waals surface area contributed by atoms with Gasteiger partial charge in [0.1, 0.15) is 18.1 Å². The number of hydrogen-bond donors (Lipinski definition) is 1. The highest BCUT2D eigenvalue weighted by Crippen LogP contribution is 2.58. The summed E-state index contributed by atoms with van der Waals surface area (Å²) in [6, 6.07) is 25.6. The molecule has 0 aromatic heterocycles. The van der Waals surface area contributed by atoms with Gasteiger partial charge in [0, 0.05) is 12.0 Å². The molecule has 0 saturated heterocycles. The Balaban J connectivity index is 1.22. The highest BCUT2D eigenvalue weighted by molar-refractivity contribution is 5.83. The zero-order valence-electron chi connectivity index (χ0n) is 25.7. The van der Waals surface area contributed by atoms with E-state index in [2.05, 4.69) is 79.8 Å². The van der Waals surface area contributed by atoms with Gasteiger partial charge in [-0.15, -0.1) is 0 Å². The minimum Gasteiger partial charge on any atom is -0.497 e. The Labute approximate surface area is 252 Å². The Morgan fingerprint density at radius 2 is 1.67 bits per heavy atom. The third-order valence-electron chi connectivity index (χ3n) is 11.2. The van der Waals surface area contributed by atoms with Crippen LogP contribution in [0.3, 0.4) is 0 Å². The lowest BCUT2D eigenvalue weighted by atomic mass is 9.49. The summed E-state index contributed by atoms with van der Waals surface area (Å²) < 4.78 is 11.8. The van der Waals surface area contributed by atoms with Crippen molar-refractivity contribution in [2.45, 2.75) is 95.5 Å². The van der Waals surface area contributed by atoms with Gasteiger partial charge in [0.15, 0.2) is 0 Å². The highest BCUT2D eigenvalue weighted by Gasteiger charge is 2.55. The van der Waals surface area contributed by atoms with Gasteiger partial charge in [-0.2, -0.15) is 0 Å². The summed E-state index contributed by atoms with van der Waals surface area (Å²) >= 11 is 0. The van der Waals surface area contributed by atoms with Crippen LogP contribution in [0.25, 0.3) is 0 Å². The Hall–Kier alpha value is -3.27. The normalized spacial score (nSPS) is 26.4. The average molecular weight is 566 g/mol. The first-order valence-corrected chi connectivity index (χ1v) is 16.1. The summed E-state index contributed by atoms with van der Waals surface area (Å²) in [6.45, 7) is 5.94. The molecule has 4 heteroatoms. The Morgan fingerprint density at radius 3 is 2.45 bits per heavy atom. The van der Waals surface area contributed by atoms with Gasteiger partial charge in [-0.05, 0) is 96.4 Å². The molecule has 0 bridgehead atoms. The van der Waals surface area contributed by atoms with Crippen LogP contribution in [0.4, 0.5) is 0 Å². The highest BCUT2D eigenvalue weighted by atomic mass is 16.5. The number of nitrogens with one attached hydrogen (secondary N) is 1. The van der Waals surface area contributed by atoms with Crippen LogP contribution in [0.5, 0.6) is 11.5 Å². The third kappa shape index (κ3) is 5.34. The summed E-state index contributed by atoms with van der Waals surface area (Å²) in [4.78, 5) is 14.3. The Morgan fingerprint density at radius 1 is 0.857 bits per heavy atom. The first-order valence-electron chi connectivity index (χ1n) is 16.1. The fourth-order valence-electron chi connectivity index (χ4n) is 8.74. The zero-order chi connectivity index (χ0) is 29.2. The van der Waals surface area contributed by atoms with Crippen molar-refractivity contribution in [2.24, 2.45) is 11.3 Å². The smallest absolute Gasteiger partial charge is 0.226 e. The molecule has 222 valence electrons. The number of benzene rings is 3. The maximum absolute atomic E-state index is 14.3. The number of aryl methyl sites for hydroxylation is 1. The summed E-state index contributed by atoms with van der Waals surface area (Å²) in [5.74, 6) is 2.36. The third-order valence-corrected chi connectivity index (χ3v) is 11.2. The monoisotopic (exact) mass is 565 g/mol. The maximum Gasteiger partial charge on any atom is 0.226 e. The van der Waals surface area contributed by atoms with Gasteiger partial charge >= 0.3 is 0 Å². The van der Waals surface area contributed by atoms with Gasteiger partial charge in [-0.3, -0.25) is 4.79 Å². The van der Waals surface area contributed by atoms with Crippen LogP contribution in [0.15, 0.2) is 72.8 Å². The lowest BCUT2D eigenvalue weighted by Gasteiger charge is -2.54. The molecule has 0 aliphatic heterocycles. The average Bonchev–Trinajstić information content (AvgIpc) is 3.03. The molecule has 0 spiro atoms. The fraction of sp³-hybridized carbons (Fsp3) is 0.500. The molecule has 0 radical (unpaired) electrons. The first kappa shape index (κ1) is 28.8. The minimum absolute atomic E-state index is 0.0268. The summed E-state index contributed by atoms with van der Waals surface area (Å²) in [7, 11) is 1.73. The zero-order valence-corrected chi connectivity index (χ0v) is 25.7. The molecule has 2 saturated carbocycles. The minimum atomic E-state index is -0.393. The van der Waals surface area contributed by atoms with E-state index < -0.39 is 5.41 Å². The second-order valence-corrected chi connectivity index (χ2v) is 13.6. The van der Waals surface area contributed by atoms with E-state index in [1.807, 2.05) is 12.1 Å². The molecule has 1 amide bonds. The van der Waals surface area contributed by atoms with Gasteiger partial charge in [-0.1, -0.05) is 88.1 Å². The van der Waals surface area contributed by atoms with Crippen molar-refractivity contribution in [3.8, 4) is 11.5 Å². The maximum atomic E-state index is 14.3. The second kappa shape index (κ2) is 11.8. The number of methoxy groups -OCH3 is 1. The Bertz CT molecular complexity index is 1390. The number of rotatable bonds is 8. The van der Waals surface area contributed by atoms with Crippen molar-refractivity contribution in [3.63, 3.8) is 0 Å². The quantitative estimate of drug-likeness (QED) is 0.299. The number of ether oxygens (including phenoxy) is 2. The standard InChI is InChI=1S/C38H47NO3/c1-36-20-11-21-37(2,35(40)39-27-38(22-8-5-9-23-38)30-14-10-15-31(24-30)41-3)34(36)19-17-29-16-18-32(25-33(29)36)42-26-28-12-6-4-7-13-28/h4,6-7,10,12-16,18,24-25,34H,5,8-9,11,17,19-23,26-27H2,1-3H3,(H,39,40)/t34-,36-,37+/m1/s1. The van der Waals surface area contributed by atoms with Crippen molar-refractivity contribution >= 4 is 5.91 Å².